The molecule has 0 N–H and O–H groups in total. The van der Waals surface area contributed by atoms with Gasteiger partial charge in [-0.1, -0.05) is 150 Å². The zero-order valence-corrected chi connectivity index (χ0v) is 46.9. The number of nitrogens with zero attached hydrogens (tertiary/aromatic N) is 4. The Balaban J connectivity index is 1.06. The molecule has 14 rings (SSSR count). The van der Waals surface area contributed by atoms with E-state index in [1.165, 1.54) is 94.4 Å². The second kappa shape index (κ2) is 16.1. The molecule has 6 heteroatoms. The maximum Gasteiger partial charge on any atom is 0.252 e. The Labute approximate surface area is 454 Å². The van der Waals surface area contributed by atoms with Crippen LogP contribution in [0.4, 0.5) is 51.2 Å². The van der Waals surface area contributed by atoms with Crippen LogP contribution >= 0.6 is 0 Å². The second-order valence-corrected chi connectivity index (χ2v) is 26.4. The average molecular weight is 1000 g/mol. The molecule has 77 heavy (non-hydrogen) atoms. The third kappa shape index (κ3) is 7.13. The molecule has 0 atom stereocenters. The van der Waals surface area contributed by atoms with E-state index in [2.05, 4.69) is 279 Å². The molecule has 5 nitrogen and oxygen atoms in total. The first-order valence-corrected chi connectivity index (χ1v) is 27.7. The standard InChI is InChI=1S/C71H67BN4O/c1-42-35-60-65-61(36-42)76-62-39-46(71(11,12)13)38-54-53-37-45(70(8,9)10)25-34-57(53)75(66(54)62)58-19-16-18-56(67(58)76)72(65)55-33-31-49(40-59(55)74(60)50-30-32-52-51-17-14-15-20-63(51)77-64(52)41-50)73(47-26-21-43(22-27-47)68(2,3)4)48-28-23-44(24-29-48)69(5,6)7/h14-41H,1-13H3. The van der Waals surface area contributed by atoms with Gasteiger partial charge in [0.2, 0.25) is 0 Å². The third-order valence-corrected chi connectivity index (χ3v) is 17.1. The third-order valence-electron chi connectivity index (χ3n) is 17.1. The molecule has 5 heterocycles. The highest BCUT2D eigenvalue weighted by atomic mass is 16.3. The summed E-state index contributed by atoms with van der Waals surface area (Å²) >= 11 is 0. The Hall–Kier alpha value is -7.96. The smallest absolute Gasteiger partial charge is 0.252 e. The van der Waals surface area contributed by atoms with Gasteiger partial charge in [-0.2, -0.15) is 0 Å². The molecule has 0 aliphatic carbocycles. The van der Waals surface area contributed by atoms with Crippen LogP contribution in [0.3, 0.4) is 0 Å². The Bertz CT molecular complexity index is 4220. The van der Waals surface area contributed by atoms with Gasteiger partial charge in [-0.05, 0) is 170 Å². The largest absolute Gasteiger partial charge is 0.456 e. The number of anilines is 9. The van der Waals surface area contributed by atoms with Crippen molar-refractivity contribution in [3.8, 4) is 5.69 Å². The highest BCUT2D eigenvalue weighted by molar-refractivity contribution is 7.00. The van der Waals surface area contributed by atoms with Crippen molar-refractivity contribution in [2.24, 2.45) is 0 Å². The molecule has 380 valence electrons. The molecule has 0 unspecified atom stereocenters. The van der Waals surface area contributed by atoms with E-state index in [1.54, 1.807) is 0 Å². The summed E-state index contributed by atoms with van der Waals surface area (Å²) < 4.78 is 9.31. The van der Waals surface area contributed by atoms with Gasteiger partial charge in [-0.3, -0.25) is 0 Å². The SMILES string of the molecule is Cc1cc2c3c(c1)N1c4c(cccc4-n4c5ccc(C(C)(C)C)cc5c5cc(C(C)(C)C)cc1c54)B3c1ccc(N(c3ccc(C(C)(C)C)cc3)c3ccc(C(C)(C)C)cc3)cc1N2c1ccc2c(c1)oc1ccccc12. The van der Waals surface area contributed by atoms with Crippen molar-refractivity contribution >= 4 is 118 Å². The normalized spacial score (nSPS) is 14.0. The summed E-state index contributed by atoms with van der Waals surface area (Å²) in [6.07, 6.45) is 0. The highest BCUT2D eigenvalue weighted by Crippen LogP contribution is 2.54. The summed E-state index contributed by atoms with van der Waals surface area (Å²) in [7, 11) is 0. The van der Waals surface area contributed by atoms with Crippen LogP contribution in [0.1, 0.15) is 111 Å². The van der Waals surface area contributed by atoms with Crippen LogP contribution in [-0.2, 0) is 21.7 Å². The average Bonchev–Trinajstić information content (AvgIpc) is 4.19. The molecule has 0 saturated carbocycles. The van der Waals surface area contributed by atoms with Crippen molar-refractivity contribution in [3.63, 3.8) is 0 Å². The van der Waals surface area contributed by atoms with E-state index in [1.807, 2.05) is 0 Å². The molecule has 2 aromatic heterocycles. The van der Waals surface area contributed by atoms with Gasteiger partial charge in [0.15, 0.2) is 0 Å². The quantitative estimate of drug-likeness (QED) is 0.164. The molecule has 11 aromatic rings. The van der Waals surface area contributed by atoms with Crippen molar-refractivity contribution in [2.45, 2.75) is 112 Å². The maximum atomic E-state index is 6.72. The van der Waals surface area contributed by atoms with Gasteiger partial charge < -0.3 is 23.7 Å². The van der Waals surface area contributed by atoms with Gasteiger partial charge in [0.25, 0.3) is 6.71 Å². The van der Waals surface area contributed by atoms with Gasteiger partial charge in [0, 0.05) is 67.4 Å². The lowest BCUT2D eigenvalue weighted by Gasteiger charge is -2.46. The number of hydrogen-bond donors (Lipinski definition) is 0. The number of aromatic nitrogens is 1. The fourth-order valence-electron chi connectivity index (χ4n) is 13.0. The Kier molecular flexibility index (Phi) is 9.90. The number of aryl methyl sites for hydroxylation is 1. The van der Waals surface area contributed by atoms with Crippen LogP contribution in [0.25, 0.3) is 49.4 Å². The minimum Gasteiger partial charge on any atom is -0.456 e. The zero-order valence-electron chi connectivity index (χ0n) is 46.9. The second-order valence-electron chi connectivity index (χ2n) is 26.4. The molecular formula is C71H67BN4O. The summed E-state index contributed by atoms with van der Waals surface area (Å²) in [6, 6.07) is 65.1. The van der Waals surface area contributed by atoms with Gasteiger partial charge in [-0.15, -0.1) is 0 Å². The number of para-hydroxylation sites is 2. The fourth-order valence-corrected chi connectivity index (χ4v) is 13.0. The molecule has 9 aromatic carbocycles. The van der Waals surface area contributed by atoms with Gasteiger partial charge in [0.1, 0.15) is 11.2 Å². The minimum absolute atomic E-state index is 0.00149. The molecule has 0 radical (unpaired) electrons. The Morgan fingerprint density at radius 2 is 1.00 bits per heavy atom. The van der Waals surface area contributed by atoms with Gasteiger partial charge >= 0.3 is 0 Å². The molecule has 0 saturated heterocycles. The molecule has 0 amide bonds. The lowest BCUT2D eigenvalue weighted by atomic mass is 9.33. The predicted molar refractivity (Wildman–Crippen MR) is 330 cm³/mol. The van der Waals surface area contributed by atoms with E-state index in [0.717, 1.165) is 50.4 Å². The molecule has 3 aliphatic rings. The predicted octanol–water partition coefficient (Wildman–Crippen LogP) is 18.0. The Morgan fingerprint density at radius 3 is 1.66 bits per heavy atom. The first-order chi connectivity index (χ1) is 36.6. The van der Waals surface area contributed by atoms with Crippen LogP contribution in [-0.4, -0.2) is 11.3 Å². The van der Waals surface area contributed by atoms with Crippen LogP contribution in [0.15, 0.2) is 174 Å². The lowest BCUT2D eigenvalue weighted by molar-refractivity contribution is 0.590. The van der Waals surface area contributed by atoms with E-state index in [4.69, 9.17) is 4.42 Å². The van der Waals surface area contributed by atoms with E-state index in [0.29, 0.717) is 0 Å². The molecule has 0 bridgehead atoms. The molecule has 3 aliphatic heterocycles. The van der Waals surface area contributed by atoms with Crippen LogP contribution in [0, 0.1) is 6.92 Å². The van der Waals surface area contributed by atoms with E-state index in [9.17, 15) is 0 Å². The number of benzene rings is 9. The molecule has 0 spiro atoms. The van der Waals surface area contributed by atoms with Crippen molar-refractivity contribution in [1.82, 2.24) is 4.57 Å². The van der Waals surface area contributed by atoms with Crippen molar-refractivity contribution < 1.29 is 4.42 Å². The summed E-state index contributed by atoms with van der Waals surface area (Å²) in [6.45, 7) is 30.0. The van der Waals surface area contributed by atoms with E-state index < -0.39 is 0 Å². The van der Waals surface area contributed by atoms with Crippen LogP contribution < -0.4 is 31.1 Å². The van der Waals surface area contributed by atoms with Crippen molar-refractivity contribution in [1.29, 1.82) is 0 Å². The minimum atomic E-state index is -0.0925. The summed E-state index contributed by atoms with van der Waals surface area (Å²) in [5.74, 6) is 0. The first-order valence-electron chi connectivity index (χ1n) is 27.7. The molecular weight excluding hydrogens is 936 g/mol. The summed E-state index contributed by atoms with van der Waals surface area (Å²) in [5.41, 5.74) is 26.3. The number of rotatable bonds is 4. The van der Waals surface area contributed by atoms with Crippen LogP contribution in [0.2, 0.25) is 0 Å². The fraction of sp³-hybridized carbons (Fsp3) is 0.239. The monoisotopic (exact) mass is 1000 g/mol. The van der Waals surface area contributed by atoms with Crippen molar-refractivity contribution in [2.75, 3.05) is 14.7 Å². The number of fused-ring (bicyclic) bond motifs is 12. The summed E-state index contributed by atoms with van der Waals surface area (Å²) in [4.78, 5) is 7.64. The number of furan rings is 1. The van der Waals surface area contributed by atoms with Gasteiger partial charge in [0.05, 0.1) is 28.1 Å². The first kappa shape index (κ1) is 47.5. The Morgan fingerprint density at radius 1 is 0.403 bits per heavy atom. The van der Waals surface area contributed by atoms with Gasteiger partial charge in [-0.25, -0.2) is 0 Å². The zero-order chi connectivity index (χ0) is 53.4. The van der Waals surface area contributed by atoms with Crippen molar-refractivity contribution in [3.05, 3.63) is 198 Å². The highest BCUT2D eigenvalue weighted by Gasteiger charge is 2.47. The van der Waals surface area contributed by atoms with Crippen LogP contribution in [0.5, 0.6) is 0 Å². The number of hydrogen-bond acceptors (Lipinski definition) is 4. The van der Waals surface area contributed by atoms with E-state index >= 15 is 0 Å². The topological polar surface area (TPSA) is 27.8 Å². The maximum absolute atomic E-state index is 6.72. The summed E-state index contributed by atoms with van der Waals surface area (Å²) in [5, 5.41) is 4.85. The van der Waals surface area contributed by atoms with E-state index in [-0.39, 0.29) is 28.4 Å². The lowest BCUT2D eigenvalue weighted by Crippen LogP contribution is -2.61. The molecule has 0 fully saturated rings.